The molecule has 0 aliphatic rings. The molecular weight excluding hydrogens is 264 g/mol. The SMILES string of the molecule is COc1ccc(/C=C/C=C/C(=O)c2ccccc2O)cc1. The Morgan fingerprint density at radius 1 is 1.05 bits per heavy atom. The van der Waals surface area contributed by atoms with Crippen molar-refractivity contribution in [3.63, 3.8) is 0 Å². The summed E-state index contributed by atoms with van der Waals surface area (Å²) in [6.07, 6.45) is 6.74. The zero-order valence-corrected chi connectivity index (χ0v) is 11.7. The predicted octanol–water partition coefficient (Wildman–Crippen LogP) is 3.85. The zero-order chi connectivity index (χ0) is 15.1. The van der Waals surface area contributed by atoms with Gasteiger partial charge in [-0.25, -0.2) is 0 Å². The first kappa shape index (κ1) is 14.6. The molecule has 0 fully saturated rings. The molecule has 3 heteroatoms. The molecular formula is C18H16O3. The van der Waals surface area contributed by atoms with Crippen LogP contribution in [0.5, 0.6) is 11.5 Å². The van der Waals surface area contributed by atoms with Crippen molar-refractivity contribution >= 4 is 11.9 Å². The van der Waals surface area contributed by atoms with E-state index in [0.717, 1.165) is 11.3 Å². The normalized spacial score (nSPS) is 11.1. The highest BCUT2D eigenvalue weighted by molar-refractivity contribution is 6.06. The molecule has 1 N–H and O–H groups in total. The van der Waals surface area contributed by atoms with Crippen molar-refractivity contribution < 1.29 is 14.6 Å². The monoisotopic (exact) mass is 280 g/mol. The molecule has 0 radical (unpaired) electrons. The molecule has 21 heavy (non-hydrogen) atoms. The quantitative estimate of drug-likeness (QED) is 0.514. The maximum Gasteiger partial charge on any atom is 0.189 e. The van der Waals surface area contributed by atoms with E-state index in [1.807, 2.05) is 30.3 Å². The number of carbonyl (C=O) groups excluding carboxylic acids is 1. The summed E-state index contributed by atoms with van der Waals surface area (Å²) in [6, 6.07) is 14.1. The Hall–Kier alpha value is -2.81. The number of methoxy groups -OCH3 is 1. The van der Waals surface area contributed by atoms with Crippen molar-refractivity contribution in [2.24, 2.45) is 0 Å². The first-order chi connectivity index (χ1) is 10.2. The minimum atomic E-state index is -0.229. The van der Waals surface area contributed by atoms with Gasteiger partial charge in [0.15, 0.2) is 5.78 Å². The second-order valence-electron chi connectivity index (χ2n) is 4.37. The molecule has 2 aromatic rings. The third kappa shape index (κ3) is 4.08. The van der Waals surface area contributed by atoms with Gasteiger partial charge in [0.25, 0.3) is 0 Å². The maximum absolute atomic E-state index is 11.9. The topological polar surface area (TPSA) is 46.5 Å². The molecule has 0 bridgehead atoms. The van der Waals surface area contributed by atoms with Crippen LogP contribution in [0.1, 0.15) is 15.9 Å². The lowest BCUT2D eigenvalue weighted by atomic mass is 10.1. The van der Waals surface area contributed by atoms with E-state index in [2.05, 4.69) is 0 Å². The fraction of sp³-hybridized carbons (Fsp3) is 0.0556. The number of phenols is 1. The molecule has 0 atom stereocenters. The average Bonchev–Trinajstić information content (AvgIpc) is 2.52. The van der Waals surface area contributed by atoms with Crippen LogP contribution >= 0.6 is 0 Å². The van der Waals surface area contributed by atoms with Crippen LogP contribution in [0.25, 0.3) is 6.08 Å². The van der Waals surface area contributed by atoms with E-state index in [4.69, 9.17) is 4.74 Å². The third-order valence-electron chi connectivity index (χ3n) is 2.93. The fourth-order valence-electron chi connectivity index (χ4n) is 1.80. The van der Waals surface area contributed by atoms with E-state index >= 15 is 0 Å². The number of rotatable bonds is 5. The minimum absolute atomic E-state index is 0.00807. The first-order valence-corrected chi connectivity index (χ1v) is 6.52. The predicted molar refractivity (Wildman–Crippen MR) is 83.6 cm³/mol. The Bertz CT molecular complexity index is 667. The number of benzene rings is 2. The zero-order valence-electron chi connectivity index (χ0n) is 11.7. The van der Waals surface area contributed by atoms with Crippen LogP contribution < -0.4 is 4.74 Å². The minimum Gasteiger partial charge on any atom is -0.507 e. The molecule has 0 aliphatic carbocycles. The summed E-state index contributed by atoms with van der Waals surface area (Å²) in [5, 5.41) is 9.58. The van der Waals surface area contributed by atoms with Crippen molar-refractivity contribution in [2.45, 2.75) is 0 Å². The van der Waals surface area contributed by atoms with Crippen molar-refractivity contribution in [2.75, 3.05) is 7.11 Å². The Balaban J connectivity index is 1.99. The Morgan fingerprint density at radius 3 is 2.43 bits per heavy atom. The van der Waals surface area contributed by atoms with E-state index < -0.39 is 0 Å². The number of phenolic OH excluding ortho intramolecular Hbond substituents is 1. The molecule has 0 heterocycles. The van der Waals surface area contributed by atoms with Gasteiger partial charge in [-0.05, 0) is 35.9 Å². The van der Waals surface area contributed by atoms with Gasteiger partial charge in [-0.3, -0.25) is 4.79 Å². The summed E-state index contributed by atoms with van der Waals surface area (Å²) in [5.74, 6) is 0.566. The van der Waals surface area contributed by atoms with Gasteiger partial charge in [0.2, 0.25) is 0 Å². The van der Waals surface area contributed by atoms with Crippen molar-refractivity contribution in [3.8, 4) is 11.5 Å². The van der Waals surface area contributed by atoms with Crippen LogP contribution in [-0.4, -0.2) is 18.0 Å². The summed E-state index contributed by atoms with van der Waals surface area (Å²) in [7, 11) is 1.62. The lowest BCUT2D eigenvalue weighted by molar-refractivity contribution is 0.104. The third-order valence-corrected chi connectivity index (χ3v) is 2.93. The summed E-state index contributed by atoms with van der Waals surface area (Å²) in [5.41, 5.74) is 1.31. The van der Waals surface area contributed by atoms with E-state index in [1.165, 1.54) is 12.1 Å². The van der Waals surface area contributed by atoms with Crippen LogP contribution in [0.2, 0.25) is 0 Å². The highest BCUT2D eigenvalue weighted by atomic mass is 16.5. The molecule has 0 spiro atoms. The lowest BCUT2D eigenvalue weighted by Gasteiger charge is -1.99. The second kappa shape index (κ2) is 7.10. The molecule has 0 aromatic heterocycles. The van der Waals surface area contributed by atoms with Gasteiger partial charge in [-0.2, -0.15) is 0 Å². The van der Waals surface area contributed by atoms with Gasteiger partial charge in [-0.1, -0.05) is 42.5 Å². The number of hydrogen-bond acceptors (Lipinski definition) is 3. The fourth-order valence-corrected chi connectivity index (χ4v) is 1.80. The Morgan fingerprint density at radius 2 is 1.76 bits per heavy atom. The first-order valence-electron chi connectivity index (χ1n) is 6.52. The maximum atomic E-state index is 11.9. The average molecular weight is 280 g/mol. The van der Waals surface area contributed by atoms with Gasteiger partial charge in [0.1, 0.15) is 11.5 Å². The standard InChI is InChI=1S/C18H16O3/c1-21-15-12-10-14(11-13-15)6-2-4-8-17(19)16-7-3-5-9-18(16)20/h2-13,20H,1H3/b6-2+,8-4+. The van der Waals surface area contributed by atoms with Crippen molar-refractivity contribution in [3.05, 3.63) is 77.9 Å². The number of para-hydroxylation sites is 1. The molecule has 0 saturated carbocycles. The van der Waals surface area contributed by atoms with Crippen LogP contribution in [-0.2, 0) is 0 Å². The molecule has 0 saturated heterocycles. The largest absolute Gasteiger partial charge is 0.507 e. The second-order valence-corrected chi connectivity index (χ2v) is 4.37. The molecule has 0 aliphatic heterocycles. The van der Waals surface area contributed by atoms with Crippen LogP contribution in [0, 0.1) is 0 Å². The summed E-state index contributed by atoms with van der Waals surface area (Å²) in [6.45, 7) is 0. The Labute approximate surface area is 123 Å². The van der Waals surface area contributed by atoms with Gasteiger partial charge in [-0.15, -0.1) is 0 Å². The van der Waals surface area contributed by atoms with Gasteiger partial charge in [0.05, 0.1) is 12.7 Å². The molecule has 3 nitrogen and oxygen atoms in total. The highest BCUT2D eigenvalue weighted by Crippen LogP contribution is 2.16. The number of allylic oxidation sites excluding steroid dienone is 3. The highest BCUT2D eigenvalue weighted by Gasteiger charge is 2.05. The number of ketones is 1. The van der Waals surface area contributed by atoms with Gasteiger partial charge >= 0.3 is 0 Å². The van der Waals surface area contributed by atoms with Crippen LogP contribution in [0.15, 0.2) is 66.8 Å². The van der Waals surface area contributed by atoms with E-state index in [9.17, 15) is 9.90 Å². The van der Waals surface area contributed by atoms with E-state index in [1.54, 1.807) is 37.5 Å². The van der Waals surface area contributed by atoms with E-state index in [0.29, 0.717) is 5.56 Å². The summed E-state index contributed by atoms with van der Waals surface area (Å²) < 4.78 is 5.08. The lowest BCUT2D eigenvalue weighted by Crippen LogP contribution is -1.93. The molecule has 0 amide bonds. The van der Waals surface area contributed by atoms with E-state index in [-0.39, 0.29) is 11.5 Å². The van der Waals surface area contributed by atoms with Crippen molar-refractivity contribution in [1.29, 1.82) is 0 Å². The van der Waals surface area contributed by atoms with Crippen molar-refractivity contribution in [1.82, 2.24) is 0 Å². The Kier molecular flexibility index (Phi) is 4.94. The summed E-state index contributed by atoms with van der Waals surface area (Å²) >= 11 is 0. The molecule has 2 rings (SSSR count). The molecule has 2 aromatic carbocycles. The number of carbonyl (C=O) groups is 1. The molecule has 0 unspecified atom stereocenters. The smallest absolute Gasteiger partial charge is 0.189 e. The van der Waals surface area contributed by atoms with Crippen LogP contribution in [0.3, 0.4) is 0 Å². The number of hydrogen-bond donors (Lipinski definition) is 1. The van der Waals surface area contributed by atoms with Gasteiger partial charge in [0, 0.05) is 0 Å². The summed E-state index contributed by atoms with van der Waals surface area (Å²) in [4.78, 5) is 11.9. The van der Waals surface area contributed by atoms with Crippen LogP contribution in [0.4, 0.5) is 0 Å². The number of aromatic hydroxyl groups is 1. The van der Waals surface area contributed by atoms with Gasteiger partial charge < -0.3 is 9.84 Å². The molecule has 106 valence electrons. The number of ether oxygens (including phenoxy) is 1.